The number of carbonyl (C=O) groups is 2. The van der Waals surface area contributed by atoms with Gasteiger partial charge in [0.1, 0.15) is 6.42 Å². The SMILES string of the molecule is O=C(CC(=O)Nc1ccccc1N1CCOCC1)NCC1CCCO1. The molecule has 1 aromatic rings. The van der Waals surface area contributed by atoms with Gasteiger partial charge in [0, 0.05) is 26.2 Å². The number of anilines is 2. The van der Waals surface area contributed by atoms with Crippen molar-refractivity contribution in [3.05, 3.63) is 24.3 Å². The Bertz CT molecular complexity index is 596. The molecule has 0 aliphatic carbocycles. The Labute approximate surface area is 147 Å². The van der Waals surface area contributed by atoms with Crippen molar-refractivity contribution in [2.45, 2.75) is 25.4 Å². The summed E-state index contributed by atoms with van der Waals surface area (Å²) in [4.78, 5) is 26.3. The Morgan fingerprint density at radius 1 is 1.12 bits per heavy atom. The molecule has 1 unspecified atom stereocenters. The fraction of sp³-hybridized carbons (Fsp3) is 0.556. The summed E-state index contributed by atoms with van der Waals surface area (Å²) in [5.41, 5.74) is 1.68. The summed E-state index contributed by atoms with van der Waals surface area (Å²) in [5, 5.41) is 5.62. The lowest BCUT2D eigenvalue weighted by atomic mass is 10.2. The summed E-state index contributed by atoms with van der Waals surface area (Å²) >= 11 is 0. The lowest BCUT2D eigenvalue weighted by Gasteiger charge is -2.30. The molecule has 0 bridgehead atoms. The van der Waals surface area contributed by atoms with Crippen LogP contribution in [-0.2, 0) is 19.1 Å². The first kappa shape index (κ1) is 17.7. The van der Waals surface area contributed by atoms with Crippen LogP contribution in [0.25, 0.3) is 0 Å². The molecule has 25 heavy (non-hydrogen) atoms. The van der Waals surface area contributed by atoms with Gasteiger partial charge in [0.15, 0.2) is 0 Å². The van der Waals surface area contributed by atoms with E-state index in [1.807, 2.05) is 24.3 Å². The van der Waals surface area contributed by atoms with Crippen LogP contribution in [0.1, 0.15) is 19.3 Å². The van der Waals surface area contributed by atoms with E-state index in [1.165, 1.54) is 0 Å². The maximum absolute atomic E-state index is 12.2. The lowest BCUT2D eigenvalue weighted by molar-refractivity contribution is -0.127. The van der Waals surface area contributed by atoms with E-state index in [4.69, 9.17) is 9.47 Å². The molecule has 1 aromatic carbocycles. The zero-order chi connectivity index (χ0) is 17.5. The van der Waals surface area contributed by atoms with Crippen LogP contribution in [0.15, 0.2) is 24.3 Å². The third-order valence-electron chi connectivity index (χ3n) is 4.40. The van der Waals surface area contributed by atoms with Crippen LogP contribution in [0.4, 0.5) is 11.4 Å². The van der Waals surface area contributed by atoms with Crippen LogP contribution >= 0.6 is 0 Å². The van der Waals surface area contributed by atoms with E-state index in [1.54, 1.807) is 0 Å². The van der Waals surface area contributed by atoms with Gasteiger partial charge in [0.25, 0.3) is 0 Å². The number of nitrogens with zero attached hydrogens (tertiary/aromatic N) is 1. The number of morpholine rings is 1. The van der Waals surface area contributed by atoms with E-state index in [0.29, 0.717) is 19.8 Å². The van der Waals surface area contributed by atoms with E-state index in [2.05, 4.69) is 15.5 Å². The summed E-state index contributed by atoms with van der Waals surface area (Å²) in [5.74, 6) is -0.595. The van der Waals surface area contributed by atoms with Crippen molar-refractivity contribution in [3.8, 4) is 0 Å². The second kappa shape index (κ2) is 8.82. The van der Waals surface area contributed by atoms with Crippen LogP contribution < -0.4 is 15.5 Å². The molecule has 2 heterocycles. The quantitative estimate of drug-likeness (QED) is 0.755. The van der Waals surface area contributed by atoms with Crippen LogP contribution in [0.2, 0.25) is 0 Å². The fourth-order valence-electron chi connectivity index (χ4n) is 3.10. The van der Waals surface area contributed by atoms with Gasteiger partial charge < -0.3 is 25.0 Å². The number of carbonyl (C=O) groups excluding carboxylic acids is 2. The molecule has 7 nitrogen and oxygen atoms in total. The second-order valence-electron chi connectivity index (χ2n) is 6.28. The standard InChI is InChI=1S/C18H25N3O4/c22-17(19-13-14-4-3-9-25-14)12-18(23)20-15-5-1-2-6-16(15)21-7-10-24-11-8-21/h1-2,5-6,14H,3-4,7-13H2,(H,19,22)(H,20,23). The van der Waals surface area contributed by atoms with Gasteiger partial charge in [0.05, 0.1) is 30.7 Å². The summed E-state index contributed by atoms with van der Waals surface area (Å²) < 4.78 is 10.8. The average Bonchev–Trinajstić information content (AvgIpc) is 3.15. The molecule has 2 N–H and O–H groups in total. The fourth-order valence-corrected chi connectivity index (χ4v) is 3.10. The van der Waals surface area contributed by atoms with Crippen molar-refractivity contribution in [2.75, 3.05) is 49.7 Å². The van der Waals surface area contributed by atoms with Gasteiger partial charge in [-0.15, -0.1) is 0 Å². The molecule has 0 aromatic heterocycles. The molecule has 0 spiro atoms. The minimum atomic E-state index is -0.314. The molecule has 7 heteroatoms. The minimum Gasteiger partial charge on any atom is -0.378 e. The summed E-state index contributed by atoms with van der Waals surface area (Å²) in [6, 6.07) is 7.64. The molecule has 2 fully saturated rings. The van der Waals surface area contributed by atoms with Crippen molar-refractivity contribution in [1.82, 2.24) is 5.32 Å². The van der Waals surface area contributed by atoms with E-state index in [0.717, 1.165) is 43.9 Å². The maximum Gasteiger partial charge on any atom is 0.233 e. The zero-order valence-electron chi connectivity index (χ0n) is 14.3. The van der Waals surface area contributed by atoms with Crippen LogP contribution in [0.5, 0.6) is 0 Å². The van der Waals surface area contributed by atoms with Gasteiger partial charge in [-0.3, -0.25) is 9.59 Å². The molecule has 1 atom stereocenters. The Balaban J connectivity index is 1.51. The van der Waals surface area contributed by atoms with Crippen LogP contribution in [0.3, 0.4) is 0 Å². The highest BCUT2D eigenvalue weighted by molar-refractivity contribution is 6.04. The average molecular weight is 347 g/mol. The molecular formula is C18H25N3O4. The molecule has 2 aliphatic rings. The zero-order valence-corrected chi connectivity index (χ0v) is 14.3. The monoisotopic (exact) mass is 347 g/mol. The smallest absolute Gasteiger partial charge is 0.233 e. The second-order valence-corrected chi connectivity index (χ2v) is 6.28. The summed E-state index contributed by atoms with van der Waals surface area (Å²) in [6.45, 7) is 4.14. The molecule has 0 saturated carbocycles. The number of nitrogens with one attached hydrogen (secondary N) is 2. The molecule has 2 aliphatic heterocycles. The predicted octanol–water partition coefficient (Wildman–Crippen LogP) is 1.15. The largest absolute Gasteiger partial charge is 0.378 e. The topological polar surface area (TPSA) is 79.9 Å². The number of ether oxygens (including phenoxy) is 2. The van der Waals surface area contributed by atoms with Gasteiger partial charge in [-0.2, -0.15) is 0 Å². The third kappa shape index (κ3) is 5.17. The van der Waals surface area contributed by atoms with Crippen LogP contribution in [-0.4, -0.2) is 57.4 Å². The highest BCUT2D eigenvalue weighted by atomic mass is 16.5. The van der Waals surface area contributed by atoms with E-state index < -0.39 is 0 Å². The highest BCUT2D eigenvalue weighted by Gasteiger charge is 2.19. The van der Waals surface area contributed by atoms with Crippen molar-refractivity contribution in [1.29, 1.82) is 0 Å². The minimum absolute atomic E-state index is 0.0778. The van der Waals surface area contributed by atoms with Gasteiger partial charge >= 0.3 is 0 Å². The lowest BCUT2D eigenvalue weighted by Crippen LogP contribution is -2.37. The Kier molecular flexibility index (Phi) is 6.25. The first-order valence-corrected chi connectivity index (χ1v) is 8.82. The Hall–Kier alpha value is -2.12. The number of hydrogen-bond donors (Lipinski definition) is 2. The maximum atomic E-state index is 12.2. The van der Waals surface area contributed by atoms with Crippen molar-refractivity contribution in [2.24, 2.45) is 0 Å². The number of hydrogen-bond acceptors (Lipinski definition) is 5. The number of para-hydroxylation sites is 2. The van der Waals surface area contributed by atoms with E-state index in [-0.39, 0.29) is 24.3 Å². The van der Waals surface area contributed by atoms with E-state index >= 15 is 0 Å². The molecule has 136 valence electrons. The summed E-state index contributed by atoms with van der Waals surface area (Å²) in [6.07, 6.45) is 1.87. The molecule has 2 amide bonds. The number of rotatable bonds is 6. The summed E-state index contributed by atoms with van der Waals surface area (Å²) in [7, 11) is 0. The third-order valence-corrected chi connectivity index (χ3v) is 4.40. The van der Waals surface area contributed by atoms with Gasteiger partial charge in [0.2, 0.25) is 11.8 Å². The van der Waals surface area contributed by atoms with Crippen LogP contribution in [0, 0.1) is 0 Å². The van der Waals surface area contributed by atoms with E-state index in [9.17, 15) is 9.59 Å². The molecule has 2 saturated heterocycles. The van der Waals surface area contributed by atoms with Crippen molar-refractivity contribution in [3.63, 3.8) is 0 Å². The number of amides is 2. The Morgan fingerprint density at radius 2 is 1.92 bits per heavy atom. The van der Waals surface area contributed by atoms with Gasteiger partial charge in [-0.25, -0.2) is 0 Å². The van der Waals surface area contributed by atoms with Crippen molar-refractivity contribution < 1.29 is 19.1 Å². The first-order chi connectivity index (χ1) is 12.2. The number of benzene rings is 1. The highest BCUT2D eigenvalue weighted by Crippen LogP contribution is 2.26. The predicted molar refractivity (Wildman–Crippen MR) is 94.7 cm³/mol. The van der Waals surface area contributed by atoms with Gasteiger partial charge in [-0.05, 0) is 25.0 Å². The molecular weight excluding hydrogens is 322 g/mol. The van der Waals surface area contributed by atoms with Gasteiger partial charge in [-0.1, -0.05) is 12.1 Å². The molecule has 0 radical (unpaired) electrons. The molecule has 3 rings (SSSR count). The van der Waals surface area contributed by atoms with Crippen molar-refractivity contribution >= 4 is 23.2 Å². The Morgan fingerprint density at radius 3 is 2.68 bits per heavy atom. The normalized spacial score (nSPS) is 20.3. The first-order valence-electron chi connectivity index (χ1n) is 8.82.